The first-order chi connectivity index (χ1) is 9.05. The number of aromatic nitrogens is 3. The fourth-order valence-corrected chi connectivity index (χ4v) is 2.75. The zero-order chi connectivity index (χ0) is 13.5. The molecule has 3 heterocycles. The van der Waals surface area contributed by atoms with Crippen LogP contribution >= 0.6 is 0 Å². The summed E-state index contributed by atoms with van der Waals surface area (Å²) in [6.07, 6.45) is 6.29. The molecule has 5 nitrogen and oxygen atoms in total. The van der Waals surface area contributed by atoms with Crippen LogP contribution in [0, 0.1) is 6.92 Å². The van der Waals surface area contributed by atoms with Crippen molar-refractivity contribution >= 4 is 11.3 Å². The summed E-state index contributed by atoms with van der Waals surface area (Å²) in [5.41, 5.74) is 1.49. The average molecular weight is 260 g/mol. The molecule has 1 saturated heterocycles. The molecule has 1 aliphatic rings. The maximum absolute atomic E-state index is 10.2. The molecule has 102 valence electrons. The first-order valence-electron chi connectivity index (χ1n) is 6.83. The Bertz CT molecular complexity index is 590. The van der Waals surface area contributed by atoms with Gasteiger partial charge >= 0.3 is 0 Å². The third kappa shape index (κ3) is 2.42. The number of hydrogen-bond acceptors (Lipinski definition) is 4. The molecule has 1 unspecified atom stereocenters. The van der Waals surface area contributed by atoms with Crippen molar-refractivity contribution in [1.29, 1.82) is 0 Å². The first kappa shape index (κ1) is 12.4. The summed E-state index contributed by atoms with van der Waals surface area (Å²) in [4.78, 5) is 6.78. The second-order valence-electron chi connectivity index (χ2n) is 5.70. The van der Waals surface area contributed by atoms with E-state index in [1.165, 1.54) is 0 Å². The minimum absolute atomic E-state index is 0.546. The van der Waals surface area contributed by atoms with Crippen molar-refractivity contribution in [2.75, 3.05) is 18.0 Å². The standard InChI is InChI=1S/C14H20N4O/c1-11-10-12-13(15-6-9-18(12)16-11)17-7-3-4-14(2,19)5-8-17/h6,9-10,19H,3-5,7-8H2,1-2H3. The Morgan fingerprint density at radius 2 is 2.16 bits per heavy atom. The molecule has 2 aromatic heterocycles. The maximum atomic E-state index is 10.2. The van der Waals surface area contributed by atoms with Gasteiger partial charge in [0.05, 0.1) is 11.3 Å². The van der Waals surface area contributed by atoms with Gasteiger partial charge in [0, 0.05) is 25.5 Å². The van der Waals surface area contributed by atoms with Gasteiger partial charge in [-0.2, -0.15) is 5.10 Å². The van der Waals surface area contributed by atoms with E-state index in [0.717, 1.165) is 49.4 Å². The average Bonchev–Trinajstić information content (AvgIpc) is 2.63. The maximum Gasteiger partial charge on any atom is 0.154 e. The van der Waals surface area contributed by atoms with Crippen molar-refractivity contribution in [3.63, 3.8) is 0 Å². The number of fused-ring (bicyclic) bond motifs is 1. The molecule has 0 aromatic carbocycles. The van der Waals surface area contributed by atoms with E-state index >= 15 is 0 Å². The summed E-state index contributed by atoms with van der Waals surface area (Å²) in [7, 11) is 0. The SMILES string of the molecule is Cc1cc2c(N3CCCC(C)(O)CC3)nccn2n1. The lowest BCUT2D eigenvalue weighted by molar-refractivity contribution is 0.0481. The molecular formula is C14H20N4O. The molecule has 0 spiro atoms. The third-order valence-corrected chi connectivity index (χ3v) is 3.85. The van der Waals surface area contributed by atoms with Gasteiger partial charge in [0.15, 0.2) is 5.82 Å². The summed E-state index contributed by atoms with van der Waals surface area (Å²) in [5.74, 6) is 0.973. The number of aryl methyl sites for hydroxylation is 1. The predicted molar refractivity (Wildman–Crippen MR) is 74.4 cm³/mol. The molecule has 1 aliphatic heterocycles. The van der Waals surface area contributed by atoms with E-state index in [1.54, 1.807) is 6.20 Å². The molecule has 0 aliphatic carbocycles. The third-order valence-electron chi connectivity index (χ3n) is 3.85. The zero-order valence-electron chi connectivity index (χ0n) is 11.5. The van der Waals surface area contributed by atoms with E-state index in [2.05, 4.69) is 21.0 Å². The second-order valence-corrected chi connectivity index (χ2v) is 5.70. The van der Waals surface area contributed by atoms with Crippen LogP contribution in [0.4, 0.5) is 5.82 Å². The summed E-state index contributed by atoms with van der Waals surface area (Å²) in [6, 6.07) is 2.06. The van der Waals surface area contributed by atoms with Crippen LogP contribution in [0.15, 0.2) is 18.5 Å². The predicted octanol–water partition coefficient (Wildman–Crippen LogP) is 1.78. The van der Waals surface area contributed by atoms with E-state index in [-0.39, 0.29) is 0 Å². The van der Waals surface area contributed by atoms with E-state index in [1.807, 2.05) is 24.6 Å². The summed E-state index contributed by atoms with van der Waals surface area (Å²) in [5, 5.41) is 14.6. The van der Waals surface area contributed by atoms with Crippen LogP contribution in [-0.2, 0) is 0 Å². The van der Waals surface area contributed by atoms with Gasteiger partial charge in [-0.15, -0.1) is 0 Å². The van der Waals surface area contributed by atoms with Gasteiger partial charge in [0.25, 0.3) is 0 Å². The Balaban J connectivity index is 1.95. The Morgan fingerprint density at radius 1 is 1.32 bits per heavy atom. The van der Waals surface area contributed by atoms with Gasteiger partial charge < -0.3 is 10.0 Å². The van der Waals surface area contributed by atoms with Crippen LogP contribution in [0.5, 0.6) is 0 Å². The molecule has 2 aromatic rings. The Labute approximate surface area is 112 Å². The second kappa shape index (κ2) is 4.49. The zero-order valence-corrected chi connectivity index (χ0v) is 11.5. The Morgan fingerprint density at radius 3 is 3.00 bits per heavy atom. The first-order valence-corrected chi connectivity index (χ1v) is 6.83. The van der Waals surface area contributed by atoms with Crippen LogP contribution in [0.25, 0.3) is 5.52 Å². The quantitative estimate of drug-likeness (QED) is 0.849. The summed E-state index contributed by atoms with van der Waals surface area (Å²) < 4.78 is 1.88. The molecule has 1 atom stereocenters. The highest BCUT2D eigenvalue weighted by molar-refractivity contribution is 5.69. The van der Waals surface area contributed by atoms with Gasteiger partial charge in [0.2, 0.25) is 0 Å². The molecule has 1 fully saturated rings. The lowest BCUT2D eigenvalue weighted by atomic mass is 9.98. The molecule has 0 amide bonds. The Kier molecular flexibility index (Phi) is 2.93. The van der Waals surface area contributed by atoms with Crippen molar-refractivity contribution in [3.05, 3.63) is 24.2 Å². The van der Waals surface area contributed by atoms with Gasteiger partial charge in [-0.3, -0.25) is 0 Å². The molecule has 0 bridgehead atoms. The number of anilines is 1. The highest BCUT2D eigenvalue weighted by Crippen LogP contribution is 2.26. The van der Waals surface area contributed by atoms with Gasteiger partial charge in [-0.1, -0.05) is 0 Å². The fourth-order valence-electron chi connectivity index (χ4n) is 2.75. The van der Waals surface area contributed by atoms with Crippen molar-refractivity contribution in [3.8, 4) is 0 Å². The fraction of sp³-hybridized carbons (Fsp3) is 0.571. The van der Waals surface area contributed by atoms with Crippen LogP contribution in [0.2, 0.25) is 0 Å². The number of rotatable bonds is 1. The van der Waals surface area contributed by atoms with Crippen molar-refractivity contribution in [2.45, 2.75) is 38.7 Å². The van der Waals surface area contributed by atoms with E-state index in [9.17, 15) is 5.11 Å². The molecule has 0 saturated carbocycles. The minimum Gasteiger partial charge on any atom is -0.390 e. The molecule has 1 N–H and O–H groups in total. The van der Waals surface area contributed by atoms with Crippen LogP contribution in [0.1, 0.15) is 31.9 Å². The van der Waals surface area contributed by atoms with Gasteiger partial charge in [-0.05, 0) is 39.2 Å². The highest BCUT2D eigenvalue weighted by Gasteiger charge is 2.26. The lowest BCUT2D eigenvalue weighted by Crippen LogP contribution is -2.29. The molecule has 0 radical (unpaired) electrons. The monoisotopic (exact) mass is 260 g/mol. The van der Waals surface area contributed by atoms with E-state index in [4.69, 9.17) is 0 Å². The van der Waals surface area contributed by atoms with Gasteiger partial charge in [0.1, 0.15) is 5.52 Å². The van der Waals surface area contributed by atoms with Gasteiger partial charge in [-0.25, -0.2) is 9.50 Å². The van der Waals surface area contributed by atoms with Crippen LogP contribution in [-0.4, -0.2) is 38.4 Å². The van der Waals surface area contributed by atoms with Crippen LogP contribution < -0.4 is 4.90 Å². The van der Waals surface area contributed by atoms with E-state index < -0.39 is 5.60 Å². The number of hydrogen-bond donors (Lipinski definition) is 1. The molecule has 3 rings (SSSR count). The van der Waals surface area contributed by atoms with Crippen LogP contribution in [0.3, 0.4) is 0 Å². The number of nitrogens with zero attached hydrogens (tertiary/aromatic N) is 4. The lowest BCUT2D eigenvalue weighted by Gasteiger charge is -2.23. The molecular weight excluding hydrogens is 240 g/mol. The molecule has 5 heteroatoms. The smallest absolute Gasteiger partial charge is 0.154 e. The number of aliphatic hydroxyl groups is 1. The van der Waals surface area contributed by atoms with Crippen molar-refractivity contribution in [1.82, 2.24) is 14.6 Å². The highest BCUT2D eigenvalue weighted by atomic mass is 16.3. The largest absolute Gasteiger partial charge is 0.390 e. The topological polar surface area (TPSA) is 53.7 Å². The summed E-state index contributed by atoms with van der Waals surface area (Å²) >= 11 is 0. The molecule has 19 heavy (non-hydrogen) atoms. The van der Waals surface area contributed by atoms with Crippen molar-refractivity contribution in [2.24, 2.45) is 0 Å². The van der Waals surface area contributed by atoms with E-state index in [0.29, 0.717) is 0 Å². The van der Waals surface area contributed by atoms with Crippen molar-refractivity contribution < 1.29 is 5.11 Å². The Hall–Kier alpha value is -1.62. The normalized spacial score (nSPS) is 24.7. The minimum atomic E-state index is -0.546. The summed E-state index contributed by atoms with van der Waals surface area (Å²) in [6.45, 7) is 5.69.